The van der Waals surface area contributed by atoms with E-state index < -0.39 is 0 Å². The Labute approximate surface area is 79.7 Å². The first-order valence-electron chi connectivity index (χ1n) is 4.51. The molecular formula is C11H16N2. The van der Waals surface area contributed by atoms with Crippen molar-refractivity contribution < 1.29 is 0 Å². The molecule has 0 radical (unpaired) electrons. The van der Waals surface area contributed by atoms with Gasteiger partial charge in [-0.2, -0.15) is 0 Å². The summed E-state index contributed by atoms with van der Waals surface area (Å²) < 4.78 is 0. The van der Waals surface area contributed by atoms with Crippen molar-refractivity contribution in [2.75, 3.05) is 0 Å². The van der Waals surface area contributed by atoms with E-state index in [0.29, 0.717) is 0 Å². The van der Waals surface area contributed by atoms with Gasteiger partial charge in [-0.05, 0) is 32.9 Å². The van der Waals surface area contributed by atoms with Crippen LogP contribution in [0.3, 0.4) is 0 Å². The summed E-state index contributed by atoms with van der Waals surface area (Å²) in [6.07, 6.45) is 4.56. The first-order chi connectivity index (χ1) is 6.08. The average Bonchev–Trinajstić information content (AvgIpc) is 2.04. The highest BCUT2D eigenvalue weighted by molar-refractivity contribution is 5.61. The van der Waals surface area contributed by atoms with Gasteiger partial charge in [-0.1, -0.05) is 6.07 Å². The van der Waals surface area contributed by atoms with Gasteiger partial charge in [0.1, 0.15) is 0 Å². The molecule has 0 aromatic carbocycles. The van der Waals surface area contributed by atoms with Crippen molar-refractivity contribution in [3.63, 3.8) is 0 Å². The lowest BCUT2D eigenvalue weighted by molar-refractivity contribution is 0.585. The van der Waals surface area contributed by atoms with Gasteiger partial charge in [-0.15, -0.1) is 0 Å². The third-order valence-electron chi connectivity index (χ3n) is 1.51. The fraction of sp³-hybridized carbons (Fsp3) is 0.455. The van der Waals surface area contributed by atoms with E-state index in [1.807, 2.05) is 24.4 Å². The van der Waals surface area contributed by atoms with Crippen molar-refractivity contribution in [2.45, 2.75) is 32.7 Å². The van der Waals surface area contributed by atoms with E-state index in [-0.39, 0.29) is 5.54 Å². The number of rotatable bonds is 2. The zero-order valence-electron chi connectivity index (χ0n) is 8.49. The highest BCUT2D eigenvalue weighted by Gasteiger charge is 2.03. The third kappa shape index (κ3) is 4.41. The Morgan fingerprint density at radius 1 is 1.38 bits per heavy atom. The molecule has 0 unspecified atom stereocenters. The predicted molar refractivity (Wildman–Crippen MR) is 56.2 cm³/mol. The fourth-order valence-electron chi connectivity index (χ4n) is 0.932. The van der Waals surface area contributed by atoms with E-state index in [1.54, 1.807) is 6.20 Å². The summed E-state index contributed by atoms with van der Waals surface area (Å²) in [4.78, 5) is 8.59. The monoisotopic (exact) mass is 176 g/mol. The van der Waals surface area contributed by atoms with E-state index in [2.05, 4.69) is 30.7 Å². The maximum absolute atomic E-state index is 4.39. The van der Waals surface area contributed by atoms with Gasteiger partial charge >= 0.3 is 0 Å². The quantitative estimate of drug-likeness (QED) is 0.635. The van der Waals surface area contributed by atoms with Crippen LogP contribution in [0.4, 0.5) is 0 Å². The molecule has 1 heterocycles. The lowest BCUT2D eigenvalue weighted by Gasteiger charge is -2.10. The molecule has 0 aliphatic rings. The van der Waals surface area contributed by atoms with E-state index >= 15 is 0 Å². The number of nitrogens with zero attached hydrogens (tertiary/aromatic N) is 2. The Kier molecular flexibility index (Phi) is 3.18. The van der Waals surface area contributed by atoms with E-state index in [4.69, 9.17) is 0 Å². The molecule has 70 valence electrons. The van der Waals surface area contributed by atoms with E-state index in [0.717, 1.165) is 12.1 Å². The number of hydrogen-bond acceptors (Lipinski definition) is 2. The second kappa shape index (κ2) is 4.17. The molecule has 1 rings (SSSR count). The van der Waals surface area contributed by atoms with Crippen LogP contribution in [-0.4, -0.2) is 16.7 Å². The molecular weight excluding hydrogens is 160 g/mol. The molecule has 1 aromatic rings. The number of aliphatic imine (C=N–C) groups is 1. The topological polar surface area (TPSA) is 25.2 Å². The van der Waals surface area contributed by atoms with Crippen molar-refractivity contribution in [1.82, 2.24) is 4.98 Å². The van der Waals surface area contributed by atoms with Gasteiger partial charge in [0.25, 0.3) is 0 Å². The van der Waals surface area contributed by atoms with Crippen LogP contribution in [-0.2, 0) is 6.42 Å². The normalized spacial score (nSPS) is 12.2. The first kappa shape index (κ1) is 9.90. The van der Waals surface area contributed by atoms with Gasteiger partial charge in [0.05, 0.1) is 5.54 Å². The molecule has 0 saturated heterocycles. The molecule has 0 bridgehead atoms. The van der Waals surface area contributed by atoms with Gasteiger partial charge < -0.3 is 0 Å². The zero-order chi connectivity index (χ0) is 9.73. The minimum atomic E-state index is 0.0226. The number of hydrogen-bond donors (Lipinski definition) is 0. The average molecular weight is 176 g/mol. The molecule has 0 saturated carbocycles. The van der Waals surface area contributed by atoms with Crippen LogP contribution in [0.1, 0.15) is 26.5 Å². The highest BCUT2D eigenvalue weighted by Crippen LogP contribution is 2.05. The summed E-state index contributed by atoms with van der Waals surface area (Å²) in [6.45, 7) is 6.26. The van der Waals surface area contributed by atoms with Gasteiger partial charge in [0.2, 0.25) is 0 Å². The summed E-state index contributed by atoms with van der Waals surface area (Å²) in [5.41, 5.74) is 1.09. The summed E-state index contributed by atoms with van der Waals surface area (Å²) in [7, 11) is 0. The molecule has 0 atom stereocenters. The molecule has 0 fully saturated rings. The molecule has 2 nitrogen and oxygen atoms in total. The second-order valence-electron chi connectivity index (χ2n) is 4.01. The number of pyridine rings is 1. The van der Waals surface area contributed by atoms with E-state index in [1.165, 1.54) is 0 Å². The van der Waals surface area contributed by atoms with Crippen LogP contribution >= 0.6 is 0 Å². The molecule has 1 aromatic heterocycles. The van der Waals surface area contributed by atoms with E-state index in [9.17, 15) is 0 Å². The van der Waals surface area contributed by atoms with Crippen molar-refractivity contribution >= 4 is 6.21 Å². The second-order valence-corrected chi connectivity index (χ2v) is 4.01. The number of aromatic nitrogens is 1. The Bertz CT molecular complexity index is 270. The van der Waals surface area contributed by atoms with Crippen LogP contribution in [0.5, 0.6) is 0 Å². The Morgan fingerprint density at radius 3 is 2.69 bits per heavy atom. The standard InChI is InChI=1S/C11H16N2/c1-11(2,3)13-9-7-10-6-4-5-8-12-10/h4-6,8-9H,7H2,1-3H3. The van der Waals surface area contributed by atoms with Gasteiger partial charge in [0.15, 0.2) is 0 Å². The van der Waals surface area contributed by atoms with Crippen LogP contribution in [0, 0.1) is 0 Å². The molecule has 2 heteroatoms. The first-order valence-corrected chi connectivity index (χ1v) is 4.51. The van der Waals surface area contributed by atoms with Gasteiger partial charge in [-0.25, -0.2) is 0 Å². The summed E-state index contributed by atoms with van der Waals surface area (Å²) in [5, 5.41) is 0. The fourth-order valence-corrected chi connectivity index (χ4v) is 0.932. The van der Waals surface area contributed by atoms with Crippen molar-refractivity contribution in [3.8, 4) is 0 Å². The molecule has 0 aliphatic heterocycles. The Hall–Kier alpha value is -1.18. The lowest BCUT2D eigenvalue weighted by atomic mass is 10.1. The van der Waals surface area contributed by atoms with Gasteiger partial charge in [-0.3, -0.25) is 9.98 Å². The van der Waals surface area contributed by atoms with Gasteiger partial charge in [0, 0.05) is 24.5 Å². The molecule has 0 spiro atoms. The maximum Gasteiger partial charge on any atom is 0.0520 e. The summed E-state index contributed by atoms with van der Waals surface area (Å²) >= 11 is 0. The third-order valence-corrected chi connectivity index (χ3v) is 1.51. The van der Waals surface area contributed by atoms with Crippen LogP contribution < -0.4 is 0 Å². The predicted octanol–water partition coefficient (Wildman–Crippen LogP) is 2.49. The molecule has 0 aliphatic carbocycles. The minimum absolute atomic E-state index is 0.0226. The van der Waals surface area contributed by atoms with Crippen molar-refractivity contribution in [3.05, 3.63) is 30.1 Å². The van der Waals surface area contributed by atoms with Crippen LogP contribution in [0.15, 0.2) is 29.4 Å². The van der Waals surface area contributed by atoms with Crippen molar-refractivity contribution in [2.24, 2.45) is 4.99 Å². The Morgan fingerprint density at radius 2 is 2.15 bits per heavy atom. The highest BCUT2D eigenvalue weighted by atomic mass is 14.8. The lowest BCUT2D eigenvalue weighted by Crippen LogP contribution is -2.10. The van der Waals surface area contributed by atoms with Crippen LogP contribution in [0.2, 0.25) is 0 Å². The van der Waals surface area contributed by atoms with Crippen LogP contribution in [0.25, 0.3) is 0 Å². The summed E-state index contributed by atoms with van der Waals surface area (Å²) in [6, 6.07) is 5.92. The molecule has 13 heavy (non-hydrogen) atoms. The van der Waals surface area contributed by atoms with Crippen molar-refractivity contribution in [1.29, 1.82) is 0 Å². The molecule has 0 N–H and O–H groups in total. The zero-order valence-corrected chi connectivity index (χ0v) is 8.49. The largest absolute Gasteiger partial charge is 0.291 e. The SMILES string of the molecule is CC(C)(C)N=CCc1ccccn1. The summed E-state index contributed by atoms with van der Waals surface area (Å²) in [5.74, 6) is 0. The minimum Gasteiger partial charge on any atom is -0.291 e. The maximum atomic E-state index is 4.39. The smallest absolute Gasteiger partial charge is 0.0520 e. The Balaban J connectivity index is 2.49. The molecule has 0 amide bonds.